The Hall–Kier alpha value is -3.06. The number of unbranched alkanes of at least 4 members (excludes halogenated alkanes) is 5. The third-order valence-corrected chi connectivity index (χ3v) is 7.25. The summed E-state index contributed by atoms with van der Waals surface area (Å²) in [5.74, 6) is -0.0635. The average Bonchev–Trinajstić information content (AvgIpc) is 3.35. The second-order valence-corrected chi connectivity index (χ2v) is 10.2. The molecule has 2 amide bonds. The lowest BCUT2D eigenvalue weighted by Crippen LogP contribution is -2.36. The number of carbonyl (C=O) groups is 2. The predicted octanol–water partition coefficient (Wildman–Crippen LogP) is 7.18. The number of hydrogen-bond donors (Lipinski definition) is 1. The number of carbonyl (C=O) groups excluding carboxylic acids is 2. The fourth-order valence-corrected chi connectivity index (χ4v) is 4.90. The number of benzene rings is 2. The maximum absolute atomic E-state index is 13.2. The predicted molar refractivity (Wildman–Crippen MR) is 148 cm³/mol. The summed E-state index contributed by atoms with van der Waals surface area (Å²) in [5, 5.41) is 12.4. The van der Waals surface area contributed by atoms with Gasteiger partial charge in [-0.2, -0.15) is 0 Å². The van der Waals surface area contributed by atoms with E-state index in [4.69, 9.17) is 0 Å². The van der Waals surface area contributed by atoms with E-state index in [1.54, 1.807) is 0 Å². The largest absolute Gasteiger partial charge is 0.335 e. The van der Waals surface area contributed by atoms with E-state index in [2.05, 4.69) is 22.4 Å². The lowest BCUT2D eigenvalue weighted by atomic mass is 10.0. The first-order valence-corrected chi connectivity index (χ1v) is 13.8. The number of rotatable bonds is 14. The quantitative estimate of drug-likeness (QED) is 0.235. The molecule has 1 N–H and O–H groups in total. The molecule has 0 unspecified atom stereocenters. The number of amides is 2. The summed E-state index contributed by atoms with van der Waals surface area (Å²) in [6, 6.07) is 18.0. The highest BCUT2D eigenvalue weighted by Gasteiger charge is 2.22. The molecule has 0 aliphatic rings. The highest BCUT2D eigenvalue weighted by molar-refractivity contribution is 7.18. The minimum Gasteiger partial charge on any atom is -0.335 e. The molecule has 6 nitrogen and oxygen atoms in total. The molecule has 36 heavy (non-hydrogen) atoms. The maximum Gasteiger partial charge on any atom is 0.227 e. The maximum atomic E-state index is 13.2. The van der Waals surface area contributed by atoms with Crippen LogP contribution < -0.4 is 5.32 Å². The first-order chi connectivity index (χ1) is 17.5. The van der Waals surface area contributed by atoms with Gasteiger partial charge in [0.1, 0.15) is 5.01 Å². The third kappa shape index (κ3) is 8.55. The zero-order valence-corrected chi connectivity index (χ0v) is 22.5. The molecule has 0 bridgehead atoms. The van der Waals surface area contributed by atoms with Crippen molar-refractivity contribution >= 4 is 28.3 Å². The molecule has 2 aromatic carbocycles. The highest BCUT2D eigenvalue weighted by Crippen LogP contribution is 2.27. The number of nitrogens with zero attached hydrogens (tertiary/aromatic N) is 3. The molecule has 0 fully saturated rings. The number of anilines is 1. The van der Waals surface area contributed by atoms with Gasteiger partial charge < -0.3 is 10.2 Å². The summed E-state index contributed by atoms with van der Waals surface area (Å²) < 4.78 is 0. The Morgan fingerprint density at radius 2 is 1.61 bits per heavy atom. The van der Waals surface area contributed by atoms with Gasteiger partial charge in [-0.3, -0.25) is 9.59 Å². The van der Waals surface area contributed by atoms with E-state index in [0.717, 1.165) is 29.0 Å². The van der Waals surface area contributed by atoms with Gasteiger partial charge in [0.2, 0.25) is 16.9 Å². The molecule has 0 spiro atoms. The molecular formula is C29H38N4O2S. The van der Waals surface area contributed by atoms with Crippen LogP contribution in [-0.2, 0) is 9.59 Å². The van der Waals surface area contributed by atoms with Gasteiger partial charge in [-0.15, -0.1) is 10.2 Å². The van der Waals surface area contributed by atoms with Crippen molar-refractivity contribution in [1.82, 2.24) is 15.1 Å². The van der Waals surface area contributed by atoms with Gasteiger partial charge in [0.15, 0.2) is 0 Å². The zero-order valence-electron chi connectivity index (χ0n) is 21.7. The molecule has 3 rings (SSSR count). The summed E-state index contributed by atoms with van der Waals surface area (Å²) >= 11 is 1.35. The van der Waals surface area contributed by atoms with Crippen LogP contribution in [0.1, 0.15) is 82.4 Å². The lowest BCUT2D eigenvalue weighted by molar-refractivity contribution is -0.134. The van der Waals surface area contributed by atoms with Gasteiger partial charge in [-0.05, 0) is 25.8 Å². The minimum atomic E-state index is -0.167. The Kier molecular flexibility index (Phi) is 11.1. The van der Waals surface area contributed by atoms with Gasteiger partial charge in [-0.1, -0.05) is 111 Å². The normalized spacial score (nSPS) is 11.8. The summed E-state index contributed by atoms with van der Waals surface area (Å²) in [6.07, 6.45) is 7.55. The fourth-order valence-electron chi connectivity index (χ4n) is 4.14. The molecule has 0 saturated carbocycles. The van der Waals surface area contributed by atoms with Crippen LogP contribution in [0.4, 0.5) is 5.13 Å². The molecule has 1 heterocycles. The summed E-state index contributed by atoms with van der Waals surface area (Å²) in [5.41, 5.74) is 3.22. The molecule has 1 atom stereocenters. The van der Waals surface area contributed by atoms with Gasteiger partial charge >= 0.3 is 0 Å². The average molecular weight is 507 g/mol. The molecule has 1 aromatic heterocycles. The van der Waals surface area contributed by atoms with Crippen LogP contribution >= 0.6 is 11.3 Å². The monoisotopic (exact) mass is 506 g/mol. The van der Waals surface area contributed by atoms with Crippen LogP contribution in [-0.4, -0.2) is 33.5 Å². The van der Waals surface area contributed by atoms with E-state index < -0.39 is 0 Å². The summed E-state index contributed by atoms with van der Waals surface area (Å²) in [4.78, 5) is 27.8. The SMILES string of the molecule is CCCCCCCCC(=O)N(CCC(=O)Nc1nnc(-c2ccc(C)cc2)s1)[C@H](C)c1ccccc1. The Labute approximate surface area is 219 Å². The van der Waals surface area contributed by atoms with E-state index in [1.807, 2.05) is 73.3 Å². The van der Waals surface area contributed by atoms with Crippen molar-refractivity contribution in [1.29, 1.82) is 0 Å². The number of aromatic nitrogens is 2. The van der Waals surface area contributed by atoms with Crippen molar-refractivity contribution in [2.45, 2.75) is 78.2 Å². The van der Waals surface area contributed by atoms with Gasteiger partial charge in [0.25, 0.3) is 0 Å². The Bertz CT molecular complexity index is 1080. The third-order valence-electron chi connectivity index (χ3n) is 6.36. The molecule has 0 aliphatic heterocycles. The van der Waals surface area contributed by atoms with E-state index >= 15 is 0 Å². The molecular weight excluding hydrogens is 468 g/mol. The van der Waals surface area contributed by atoms with Crippen molar-refractivity contribution in [3.05, 3.63) is 65.7 Å². The van der Waals surface area contributed by atoms with Crippen LogP contribution in [0.2, 0.25) is 0 Å². The van der Waals surface area contributed by atoms with Crippen molar-refractivity contribution in [2.75, 3.05) is 11.9 Å². The van der Waals surface area contributed by atoms with Crippen molar-refractivity contribution < 1.29 is 9.59 Å². The number of nitrogens with one attached hydrogen (secondary N) is 1. The number of hydrogen-bond acceptors (Lipinski definition) is 5. The molecule has 0 aliphatic carbocycles. The molecule has 0 radical (unpaired) electrons. The van der Waals surface area contributed by atoms with Gasteiger partial charge in [0.05, 0.1) is 6.04 Å². The second kappa shape index (κ2) is 14.5. The van der Waals surface area contributed by atoms with Crippen molar-refractivity contribution in [2.24, 2.45) is 0 Å². The van der Waals surface area contributed by atoms with E-state index in [1.165, 1.54) is 42.6 Å². The van der Waals surface area contributed by atoms with E-state index in [0.29, 0.717) is 18.1 Å². The Morgan fingerprint density at radius 1 is 0.917 bits per heavy atom. The van der Waals surface area contributed by atoms with Crippen LogP contribution in [0.15, 0.2) is 54.6 Å². The molecule has 192 valence electrons. The lowest BCUT2D eigenvalue weighted by Gasteiger charge is -2.30. The molecule has 7 heteroatoms. The number of aryl methyl sites for hydroxylation is 1. The highest BCUT2D eigenvalue weighted by atomic mass is 32.1. The zero-order chi connectivity index (χ0) is 25.8. The van der Waals surface area contributed by atoms with Crippen LogP contribution in [0.5, 0.6) is 0 Å². The smallest absolute Gasteiger partial charge is 0.227 e. The van der Waals surface area contributed by atoms with Crippen LogP contribution in [0.3, 0.4) is 0 Å². The van der Waals surface area contributed by atoms with Crippen molar-refractivity contribution in [3.8, 4) is 10.6 Å². The molecule has 3 aromatic rings. The fraction of sp³-hybridized carbons (Fsp3) is 0.448. The minimum absolute atomic E-state index is 0.0961. The Morgan fingerprint density at radius 3 is 2.33 bits per heavy atom. The summed E-state index contributed by atoms with van der Waals surface area (Å²) in [6.45, 7) is 6.64. The standard InChI is InChI=1S/C29H38N4O2S/c1-4-5-6-7-8-12-15-27(35)33(23(3)24-13-10-9-11-14-24)21-20-26(34)30-29-32-31-28(36-29)25-18-16-22(2)17-19-25/h9-11,13-14,16-19,23H,4-8,12,15,20-21H2,1-3H3,(H,30,32,34)/t23-/m1/s1. The van der Waals surface area contributed by atoms with E-state index in [9.17, 15) is 9.59 Å². The second-order valence-electron chi connectivity index (χ2n) is 9.27. The molecule has 0 saturated heterocycles. The van der Waals surface area contributed by atoms with E-state index in [-0.39, 0.29) is 24.3 Å². The van der Waals surface area contributed by atoms with Gasteiger partial charge in [-0.25, -0.2) is 0 Å². The first-order valence-electron chi connectivity index (χ1n) is 13.0. The van der Waals surface area contributed by atoms with Crippen LogP contribution in [0, 0.1) is 6.92 Å². The Balaban J connectivity index is 1.57. The van der Waals surface area contributed by atoms with Gasteiger partial charge in [0, 0.05) is 24.9 Å². The van der Waals surface area contributed by atoms with Crippen LogP contribution in [0.25, 0.3) is 10.6 Å². The first kappa shape index (κ1) is 27.5. The van der Waals surface area contributed by atoms with Crippen molar-refractivity contribution in [3.63, 3.8) is 0 Å². The topological polar surface area (TPSA) is 75.2 Å². The summed E-state index contributed by atoms with van der Waals surface area (Å²) in [7, 11) is 0.